The molecule has 2 rings (SSSR count). The predicted octanol–water partition coefficient (Wildman–Crippen LogP) is 3.18. The van der Waals surface area contributed by atoms with Crippen molar-refractivity contribution in [3.8, 4) is 0 Å². The van der Waals surface area contributed by atoms with Gasteiger partial charge in [-0.1, -0.05) is 20.8 Å². The predicted molar refractivity (Wildman–Crippen MR) is 64.0 cm³/mol. The van der Waals surface area contributed by atoms with Gasteiger partial charge in [-0.25, -0.2) is 0 Å². The van der Waals surface area contributed by atoms with Gasteiger partial charge >= 0.3 is 0 Å². The van der Waals surface area contributed by atoms with Crippen LogP contribution in [0.1, 0.15) is 40.0 Å². The molecule has 0 aromatic heterocycles. The zero-order valence-electron chi connectivity index (χ0n) is 10.1. The highest BCUT2D eigenvalue weighted by Gasteiger charge is 2.61. The van der Waals surface area contributed by atoms with Crippen molar-refractivity contribution in [3.05, 3.63) is 0 Å². The second kappa shape index (κ2) is 3.38. The van der Waals surface area contributed by atoms with Crippen LogP contribution in [0.5, 0.6) is 0 Å². The third-order valence-corrected chi connectivity index (χ3v) is 5.37. The Labute approximate surface area is 94.7 Å². The Kier molecular flexibility index (Phi) is 2.98. The van der Waals surface area contributed by atoms with E-state index in [1.807, 2.05) is 0 Å². The maximum atomic E-state index is 2.50. The minimum atomic E-state index is 0. The molecule has 0 aromatic rings. The summed E-state index contributed by atoms with van der Waals surface area (Å²) in [6.45, 7) is 7.47. The summed E-state index contributed by atoms with van der Waals surface area (Å²) >= 11 is 0. The average Bonchev–Trinajstić information content (AvgIpc) is 2.34. The highest BCUT2D eigenvalue weighted by atomic mass is 35.5. The summed E-state index contributed by atoms with van der Waals surface area (Å²) in [6.07, 6.45) is 4.33. The Morgan fingerprint density at radius 2 is 1.71 bits per heavy atom. The molecule has 1 nitrogen and oxygen atoms in total. The van der Waals surface area contributed by atoms with Gasteiger partial charge in [0.1, 0.15) is 0 Å². The van der Waals surface area contributed by atoms with Crippen LogP contribution in [0.3, 0.4) is 0 Å². The molecule has 2 saturated carbocycles. The third-order valence-electron chi connectivity index (χ3n) is 5.37. The molecule has 0 spiro atoms. The molecule has 3 atom stereocenters. The fourth-order valence-corrected chi connectivity index (χ4v) is 3.94. The van der Waals surface area contributed by atoms with Gasteiger partial charge in [-0.05, 0) is 50.1 Å². The van der Waals surface area contributed by atoms with Crippen molar-refractivity contribution in [1.82, 2.24) is 4.90 Å². The molecular formula is C12H24ClN. The fraction of sp³-hybridized carbons (Fsp3) is 1.00. The molecule has 0 saturated heterocycles. The van der Waals surface area contributed by atoms with Crippen molar-refractivity contribution in [2.45, 2.75) is 46.1 Å². The standard InChI is InChI=1S/C12H23N.ClH/c1-11(2)9-6-7-12(11,3)10(8-9)13(4)5;/h9-10H,6-8H2,1-5H3;1H/t9-,10+,12+;/m0./s1. The van der Waals surface area contributed by atoms with Gasteiger partial charge in [-0.3, -0.25) is 0 Å². The second-order valence-electron chi connectivity index (χ2n) is 6.09. The largest absolute Gasteiger partial charge is 0.306 e. The Balaban J connectivity index is 0.000000980. The first-order chi connectivity index (χ1) is 5.89. The van der Waals surface area contributed by atoms with E-state index in [0.29, 0.717) is 10.8 Å². The maximum absolute atomic E-state index is 2.50. The number of hydrogen-bond acceptors (Lipinski definition) is 1. The first kappa shape index (κ1) is 12.3. The molecule has 2 aliphatic carbocycles. The van der Waals surface area contributed by atoms with Gasteiger partial charge in [0.25, 0.3) is 0 Å². The summed E-state index contributed by atoms with van der Waals surface area (Å²) in [4.78, 5) is 2.45. The molecule has 0 N–H and O–H groups in total. The van der Waals surface area contributed by atoms with Crippen molar-refractivity contribution in [2.75, 3.05) is 14.1 Å². The van der Waals surface area contributed by atoms with Gasteiger partial charge < -0.3 is 4.90 Å². The molecular weight excluding hydrogens is 194 g/mol. The van der Waals surface area contributed by atoms with Gasteiger partial charge in [0, 0.05) is 6.04 Å². The number of rotatable bonds is 1. The Morgan fingerprint density at radius 1 is 1.14 bits per heavy atom. The molecule has 2 fully saturated rings. The van der Waals surface area contributed by atoms with E-state index in [2.05, 4.69) is 39.8 Å². The number of nitrogens with zero attached hydrogens (tertiary/aromatic N) is 1. The van der Waals surface area contributed by atoms with E-state index in [-0.39, 0.29) is 12.4 Å². The lowest BCUT2D eigenvalue weighted by molar-refractivity contribution is 0.0715. The summed E-state index contributed by atoms with van der Waals surface area (Å²) in [6, 6.07) is 0.821. The Bertz CT molecular complexity index is 224. The van der Waals surface area contributed by atoms with E-state index in [9.17, 15) is 0 Å². The smallest absolute Gasteiger partial charge is 0.0151 e. The zero-order valence-corrected chi connectivity index (χ0v) is 10.9. The van der Waals surface area contributed by atoms with E-state index >= 15 is 0 Å². The number of hydrogen-bond donors (Lipinski definition) is 0. The van der Waals surface area contributed by atoms with Gasteiger partial charge in [0.05, 0.1) is 0 Å². The van der Waals surface area contributed by atoms with E-state index in [0.717, 1.165) is 12.0 Å². The monoisotopic (exact) mass is 217 g/mol. The highest BCUT2D eigenvalue weighted by Crippen LogP contribution is 2.66. The van der Waals surface area contributed by atoms with E-state index in [4.69, 9.17) is 0 Å². The van der Waals surface area contributed by atoms with Gasteiger partial charge in [-0.2, -0.15) is 0 Å². The zero-order chi connectivity index (χ0) is 9.85. The summed E-state index contributed by atoms with van der Waals surface area (Å²) in [7, 11) is 4.49. The SMILES string of the molecule is CN(C)[C@@H]1C[C@@H]2CC[C@@]1(C)C2(C)C.Cl. The second-order valence-corrected chi connectivity index (χ2v) is 6.09. The van der Waals surface area contributed by atoms with Crippen molar-refractivity contribution in [2.24, 2.45) is 16.7 Å². The fourth-order valence-electron chi connectivity index (χ4n) is 3.94. The summed E-state index contributed by atoms with van der Waals surface area (Å²) in [5.74, 6) is 0.977. The first-order valence-electron chi connectivity index (χ1n) is 5.56. The summed E-state index contributed by atoms with van der Waals surface area (Å²) in [5.41, 5.74) is 1.14. The van der Waals surface area contributed by atoms with Crippen molar-refractivity contribution < 1.29 is 0 Å². The molecule has 0 unspecified atom stereocenters. The van der Waals surface area contributed by atoms with Crippen LogP contribution >= 0.6 is 12.4 Å². The van der Waals surface area contributed by atoms with Gasteiger partial charge in [0.2, 0.25) is 0 Å². The van der Waals surface area contributed by atoms with Gasteiger partial charge in [0.15, 0.2) is 0 Å². The van der Waals surface area contributed by atoms with Crippen LogP contribution in [-0.2, 0) is 0 Å². The molecule has 2 aliphatic rings. The van der Waals surface area contributed by atoms with Crippen LogP contribution in [-0.4, -0.2) is 25.0 Å². The maximum Gasteiger partial charge on any atom is 0.0151 e. The van der Waals surface area contributed by atoms with Crippen molar-refractivity contribution in [3.63, 3.8) is 0 Å². The quantitative estimate of drug-likeness (QED) is 0.652. The molecule has 2 heteroatoms. The molecule has 14 heavy (non-hydrogen) atoms. The van der Waals surface area contributed by atoms with Crippen LogP contribution in [0.25, 0.3) is 0 Å². The topological polar surface area (TPSA) is 3.24 Å². The Morgan fingerprint density at radius 3 is 1.93 bits per heavy atom. The number of fused-ring (bicyclic) bond motifs is 2. The van der Waals surface area contributed by atoms with Crippen molar-refractivity contribution in [1.29, 1.82) is 0 Å². The van der Waals surface area contributed by atoms with E-state index < -0.39 is 0 Å². The molecule has 0 aromatic carbocycles. The van der Waals surface area contributed by atoms with E-state index in [1.165, 1.54) is 19.3 Å². The molecule has 0 amide bonds. The molecule has 84 valence electrons. The highest BCUT2D eigenvalue weighted by molar-refractivity contribution is 5.85. The summed E-state index contributed by atoms with van der Waals surface area (Å²) < 4.78 is 0. The molecule has 0 radical (unpaired) electrons. The molecule has 0 heterocycles. The third kappa shape index (κ3) is 1.25. The molecule has 0 aliphatic heterocycles. The lowest BCUT2D eigenvalue weighted by Crippen LogP contribution is -2.43. The van der Waals surface area contributed by atoms with E-state index in [1.54, 1.807) is 0 Å². The van der Waals surface area contributed by atoms with Crippen LogP contribution in [0.2, 0.25) is 0 Å². The molecule has 2 bridgehead atoms. The summed E-state index contributed by atoms with van der Waals surface area (Å²) in [5, 5.41) is 0. The van der Waals surface area contributed by atoms with Gasteiger partial charge in [-0.15, -0.1) is 12.4 Å². The number of halogens is 1. The van der Waals surface area contributed by atoms with Crippen LogP contribution in [0.4, 0.5) is 0 Å². The van der Waals surface area contributed by atoms with Crippen LogP contribution in [0, 0.1) is 16.7 Å². The Hall–Kier alpha value is 0.250. The average molecular weight is 218 g/mol. The lowest BCUT2D eigenvalue weighted by atomic mass is 9.69. The van der Waals surface area contributed by atoms with Crippen LogP contribution < -0.4 is 0 Å². The van der Waals surface area contributed by atoms with Crippen LogP contribution in [0.15, 0.2) is 0 Å². The minimum Gasteiger partial charge on any atom is -0.306 e. The lowest BCUT2D eigenvalue weighted by Gasteiger charge is -2.42. The normalized spacial score (nSPS) is 44.1. The first-order valence-corrected chi connectivity index (χ1v) is 5.56. The minimum absolute atomic E-state index is 0. The van der Waals surface area contributed by atoms with Crippen molar-refractivity contribution >= 4 is 12.4 Å².